The first-order valence-corrected chi connectivity index (χ1v) is 11.8. The number of rotatable bonds is 6. The van der Waals surface area contributed by atoms with Crippen molar-refractivity contribution < 1.29 is 9.47 Å². The molecule has 1 fully saturated rings. The van der Waals surface area contributed by atoms with Gasteiger partial charge in [-0.1, -0.05) is 12.1 Å². The van der Waals surface area contributed by atoms with Gasteiger partial charge in [0.1, 0.15) is 5.84 Å². The first-order valence-electron chi connectivity index (χ1n) is 11.8. The average Bonchev–Trinajstić information content (AvgIpc) is 3.33. The van der Waals surface area contributed by atoms with E-state index in [1.165, 1.54) is 11.1 Å². The summed E-state index contributed by atoms with van der Waals surface area (Å²) in [4.78, 5) is 29.8. The van der Waals surface area contributed by atoms with Gasteiger partial charge < -0.3 is 19.3 Å². The molecule has 2 aliphatic rings. The van der Waals surface area contributed by atoms with Gasteiger partial charge in [0, 0.05) is 38.7 Å². The standard InChI is InChI=1S/C26H28N6O3/c1-34-22-14-19-21(15-23(22)35-2)29-26(30-25(19)33)32-13-9-18-17(16-32)6-3-7-20(18)28-24-8-4-11-31(24)12-5-10-27/h3,6-7,14-15H,4-5,8-9,11-13,16H2,1-2H3,(H,29,30,33). The molecule has 9 nitrogen and oxygen atoms in total. The minimum absolute atomic E-state index is 0.212. The van der Waals surface area contributed by atoms with E-state index in [4.69, 9.17) is 24.7 Å². The Labute approximate surface area is 203 Å². The molecular weight excluding hydrogens is 444 g/mol. The van der Waals surface area contributed by atoms with Crippen LogP contribution in [-0.2, 0) is 13.0 Å². The molecule has 0 atom stereocenters. The molecule has 0 spiro atoms. The second-order valence-corrected chi connectivity index (χ2v) is 8.73. The highest BCUT2D eigenvalue weighted by atomic mass is 16.5. The number of aromatic nitrogens is 2. The number of ether oxygens (including phenoxy) is 2. The van der Waals surface area contributed by atoms with Crippen molar-refractivity contribution in [3.8, 4) is 17.6 Å². The van der Waals surface area contributed by atoms with E-state index >= 15 is 0 Å². The number of aromatic amines is 1. The van der Waals surface area contributed by atoms with Crippen molar-refractivity contribution in [2.45, 2.75) is 32.2 Å². The van der Waals surface area contributed by atoms with Gasteiger partial charge in [0.25, 0.3) is 5.56 Å². The molecule has 2 aromatic carbocycles. The molecule has 0 bridgehead atoms. The van der Waals surface area contributed by atoms with Crippen LogP contribution in [0.5, 0.6) is 11.5 Å². The van der Waals surface area contributed by atoms with Crippen LogP contribution in [0.25, 0.3) is 10.9 Å². The van der Waals surface area contributed by atoms with E-state index in [-0.39, 0.29) is 5.56 Å². The number of hydrogen-bond donors (Lipinski definition) is 1. The van der Waals surface area contributed by atoms with Crippen LogP contribution in [0.4, 0.5) is 11.6 Å². The molecule has 9 heteroatoms. The number of nitrogens with zero attached hydrogens (tertiary/aromatic N) is 5. The quantitative estimate of drug-likeness (QED) is 0.585. The molecule has 0 saturated carbocycles. The van der Waals surface area contributed by atoms with Gasteiger partial charge in [0.05, 0.1) is 43.3 Å². The third kappa shape index (κ3) is 4.39. The molecule has 0 amide bonds. The number of H-pyrrole nitrogens is 1. The molecule has 1 saturated heterocycles. The Hall–Kier alpha value is -4.06. The first kappa shape index (κ1) is 22.7. The predicted octanol–water partition coefficient (Wildman–Crippen LogP) is 3.54. The van der Waals surface area contributed by atoms with Crippen molar-refractivity contribution >= 4 is 28.4 Å². The first-order chi connectivity index (χ1) is 17.1. The smallest absolute Gasteiger partial charge is 0.260 e. The SMILES string of the molecule is COc1cc2nc(N3CCc4c(cccc4N=C4CCCN4CCC#N)C3)[nH]c(=O)c2cc1OC. The molecule has 0 unspecified atom stereocenters. The second kappa shape index (κ2) is 9.66. The third-order valence-corrected chi connectivity index (χ3v) is 6.68. The Kier molecular flexibility index (Phi) is 6.27. The number of aliphatic imine (C=N–C) groups is 1. The summed E-state index contributed by atoms with van der Waals surface area (Å²) in [6.45, 7) is 3.04. The number of fused-ring (bicyclic) bond motifs is 2. The van der Waals surface area contributed by atoms with Gasteiger partial charge in [-0.3, -0.25) is 9.78 Å². The van der Waals surface area contributed by atoms with Gasteiger partial charge >= 0.3 is 0 Å². The summed E-state index contributed by atoms with van der Waals surface area (Å²) in [6.07, 6.45) is 3.33. The molecule has 1 aromatic heterocycles. The summed E-state index contributed by atoms with van der Waals surface area (Å²) in [6, 6.07) is 11.8. The lowest BCUT2D eigenvalue weighted by atomic mass is 9.98. The number of likely N-dealkylation sites (tertiary alicyclic amines) is 1. The summed E-state index contributed by atoms with van der Waals surface area (Å²) < 4.78 is 10.7. The molecule has 3 aromatic rings. The van der Waals surface area contributed by atoms with Gasteiger partial charge in [-0.05, 0) is 36.1 Å². The van der Waals surface area contributed by atoms with Crippen molar-refractivity contribution in [2.24, 2.45) is 4.99 Å². The molecule has 1 N–H and O–H groups in total. The largest absolute Gasteiger partial charge is 0.493 e. The summed E-state index contributed by atoms with van der Waals surface area (Å²) >= 11 is 0. The average molecular weight is 473 g/mol. The van der Waals surface area contributed by atoms with Crippen molar-refractivity contribution in [1.29, 1.82) is 5.26 Å². The van der Waals surface area contributed by atoms with Crippen LogP contribution in [-0.4, -0.2) is 54.6 Å². The summed E-state index contributed by atoms with van der Waals surface area (Å²) in [5.41, 5.74) is 3.76. The maximum Gasteiger partial charge on any atom is 0.260 e. The Morgan fingerprint density at radius 3 is 2.80 bits per heavy atom. The Morgan fingerprint density at radius 1 is 1.17 bits per heavy atom. The maximum atomic E-state index is 12.8. The van der Waals surface area contributed by atoms with Crippen LogP contribution < -0.4 is 19.9 Å². The van der Waals surface area contributed by atoms with E-state index in [1.54, 1.807) is 26.4 Å². The van der Waals surface area contributed by atoms with E-state index in [0.717, 1.165) is 50.4 Å². The number of hydrogen-bond acceptors (Lipinski definition) is 7. The molecule has 3 heterocycles. The zero-order valence-electron chi connectivity index (χ0n) is 20.0. The van der Waals surface area contributed by atoms with Crippen molar-refractivity contribution in [2.75, 3.05) is 38.8 Å². The summed E-state index contributed by atoms with van der Waals surface area (Å²) in [5, 5.41) is 9.40. The van der Waals surface area contributed by atoms with Gasteiger partial charge in [-0.15, -0.1) is 0 Å². The number of methoxy groups -OCH3 is 2. The molecule has 5 rings (SSSR count). The highest BCUT2D eigenvalue weighted by Crippen LogP contribution is 2.33. The van der Waals surface area contributed by atoms with Crippen LogP contribution in [0.15, 0.2) is 40.1 Å². The highest BCUT2D eigenvalue weighted by Gasteiger charge is 2.23. The fraction of sp³-hybridized carbons (Fsp3) is 0.385. The van der Waals surface area contributed by atoms with Crippen LogP contribution >= 0.6 is 0 Å². The van der Waals surface area contributed by atoms with Crippen molar-refractivity contribution in [1.82, 2.24) is 14.9 Å². The summed E-state index contributed by atoms with van der Waals surface area (Å²) in [5.74, 6) is 2.64. The van der Waals surface area contributed by atoms with Crippen LogP contribution in [0.2, 0.25) is 0 Å². The zero-order chi connectivity index (χ0) is 24.4. The fourth-order valence-electron chi connectivity index (χ4n) is 4.88. The molecular formula is C26H28N6O3. The number of benzene rings is 2. The Morgan fingerprint density at radius 2 is 2.00 bits per heavy atom. The van der Waals surface area contributed by atoms with Crippen LogP contribution in [0.1, 0.15) is 30.4 Å². The lowest BCUT2D eigenvalue weighted by molar-refractivity contribution is 0.355. The molecule has 0 aliphatic carbocycles. The highest BCUT2D eigenvalue weighted by molar-refractivity contribution is 5.87. The number of nitriles is 1. The number of anilines is 1. The van der Waals surface area contributed by atoms with Crippen LogP contribution in [0.3, 0.4) is 0 Å². The third-order valence-electron chi connectivity index (χ3n) is 6.68. The Balaban J connectivity index is 1.44. The van der Waals surface area contributed by atoms with Crippen LogP contribution in [0, 0.1) is 11.3 Å². The minimum atomic E-state index is -0.212. The Bertz CT molecular complexity index is 1390. The number of amidine groups is 1. The fourth-order valence-corrected chi connectivity index (χ4v) is 4.88. The van der Waals surface area contributed by atoms with E-state index in [9.17, 15) is 4.79 Å². The van der Waals surface area contributed by atoms with E-state index in [2.05, 4.69) is 33.0 Å². The van der Waals surface area contributed by atoms with Gasteiger partial charge in [0.15, 0.2) is 11.5 Å². The van der Waals surface area contributed by atoms with Gasteiger partial charge in [0.2, 0.25) is 5.95 Å². The topological polar surface area (TPSA) is 107 Å². The minimum Gasteiger partial charge on any atom is -0.493 e. The molecule has 180 valence electrons. The van der Waals surface area contributed by atoms with Crippen molar-refractivity contribution in [3.63, 3.8) is 0 Å². The normalized spacial score (nSPS) is 16.4. The van der Waals surface area contributed by atoms with E-state index in [0.29, 0.717) is 41.3 Å². The lowest BCUT2D eigenvalue weighted by Crippen LogP contribution is -2.33. The predicted molar refractivity (Wildman–Crippen MR) is 135 cm³/mol. The number of nitrogens with one attached hydrogen (secondary N) is 1. The van der Waals surface area contributed by atoms with E-state index in [1.807, 2.05) is 6.07 Å². The monoisotopic (exact) mass is 472 g/mol. The van der Waals surface area contributed by atoms with E-state index < -0.39 is 0 Å². The van der Waals surface area contributed by atoms with Gasteiger partial charge in [-0.2, -0.15) is 5.26 Å². The molecule has 0 radical (unpaired) electrons. The lowest BCUT2D eigenvalue weighted by Gasteiger charge is -2.30. The maximum absolute atomic E-state index is 12.8. The van der Waals surface area contributed by atoms with Gasteiger partial charge in [-0.25, -0.2) is 9.98 Å². The zero-order valence-corrected chi connectivity index (χ0v) is 20.0. The second-order valence-electron chi connectivity index (χ2n) is 8.73. The molecule has 2 aliphatic heterocycles. The van der Waals surface area contributed by atoms with Crippen molar-refractivity contribution in [3.05, 3.63) is 51.8 Å². The summed E-state index contributed by atoms with van der Waals surface area (Å²) in [7, 11) is 3.11. The molecule has 35 heavy (non-hydrogen) atoms.